The molecule has 7 heteroatoms. The Labute approximate surface area is 139 Å². The standard InChI is InChI=1S/C17H20N2O5/c1-11(24-10-12-6-4-5-9-23-12)15(20)18-19-16(21)13-7-2-3-8-14(13)17(19)22/h2-3,7-8,11-12H,4-6,9-10H2,1H3,(H,18,20). The molecule has 1 N–H and O–H groups in total. The molecule has 0 saturated carbocycles. The molecule has 1 fully saturated rings. The van der Waals surface area contributed by atoms with Crippen LogP contribution in [0.5, 0.6) is 0 Å². The summed E-state index contributed by atoms with van der Waals surface area (Å²) in [6.45, 7) is 2.61. The fraction of sp³-hybridized carbons (Fsp3) is 0.471. The summed E-state index contributed by atoms with van der Waals surface area (Å²) in [6, 6.07) is 6.46. The summed E-state index contributed by atoms with van der Waals surface area (Å²) < 4.78 is 11.1. The molecule has 24 heavy (non-hydrogen) atoms. The predicted octanol–water partition coefficient (Wildman–Crippen LogP) is 1.29. The lowest BCUT2D eigenvalue weighted by molar-refractivity contribution is -0.138. The van der Waals surface area contributed by atoms with E-state index in [1.54, 1.807) is 31.2 Å². The smallest absolute Gasteiger partial charge is 0.280 e. The lowest BCUT2D eigenvalue weighted by Crippen LogP contribution is -2.49. The minimum absolute atomic E-state index is 0.00620. The van der Waals surface area contributed by atoms with E-state index < -0.39 is 23.8 Å². The van der Waals surface area contributed by atoms with Crippen molar-refractivity contribution in [2.75, 3.05) is 13.2 Å². The molecule has 0 spiro atoms. The van der Waals surface area contributed by atoms with Gasteiger partial charge in [0, 0.05) is 6.61 Å². The zero-order chi connectivity index (χ0) is 17.1. The number of amides is 3. The number of carbonyl (C=O) groups is 3. The van der Waals surface area contributed by atoms with Gasteiger partial charge in [-0.2, -0.15) is 5.01 Å². The Kier molecular flexibility index (Phi) is 4.92. The van der Waals surface area contributed by atoms with E-state index in [2.05, 4.69) is 5.43 Å². The van der Waals surface area contributed by atoms with Crippen molar-refractivity contribution in [3.63, 3.8) is 0 Å². The van der Waals surface area contributed by atoms with Gasteiger partial charge >= 0.3 is 0 Å². The van der Waals surface area contributed by atoms with Gasteiger partial charge in [-0.3, -0.25) is 19.8 Å². The molecule has 1 saturated heterocycles. The first kappa shape index (κ1) is 16.6. The Morgan fingerprint density at radius 1 is 1.29 bits per heavy atom. The molecule has 2 aliphatic heterocycles. The minimum Gasteiger partial charge on any atom is -0.376 e. The quantitative estimate of drug-likeness (QED) is 0.821. The van der Waals surface area contributed by atoms with Crippen molar-refractivity contribution in [3.8, 4) is 0 Å². The van der Waals surface area contributed by atoms with Gasteiger partial charge in [-0.15, -0.1) is 0 Å². The molecular weight excluding hydrogens is 312 g/mol. The maximum Gasteiger partial charge on any atom is 0.280 e. The van der Waals surface area contributed by atoms with Gasteiger partial charge in [0.1, 0.15) is 6.10 Å². The van der Waals surface area contributed by atoms with Gasteiger partial charge in [0.15, 0.2) is 0 Å². The second-order valence-electron chi connectivity index (χ2n) is 5.93. The average Bonchev–Trinajstić information content (AvgIpc) is 2.86. The number of rotatable bonds is 5. The van der Waals surface area contributed by atoms with Crippen molar-refractivity contribution in [2.24, 2.45) is 0 Å². The van der Waals surface area contributed by atoms with E-state index >= 15 is 0 Å². The highest BCUT2D eigenvalue weighted by Gasteiger charge is 2.37. The number of imide groups is 1. The molecule has 128 valence electrons. The van der Waals surface area contributed by atoms with Crippen LogP contribution in [0.1, 0.15) is 46.9 Å². The van der Waals surface area contributed by atoms with Crippen LogP contribution in [-0.2, 0) is 14.3 Å². The Morgan fingerprint density at radius 3 is 2.54 bits per heavy atom. The molecule has 2 unspecified atom stereocenters. The first-order valence-corrected chi connectivity index (χ1v) is 8.09. The highest BCUT2D eigenvalue weighted by molar-refractivity contribution is 6.21. The Balaban J connectivity index is 1.55. The van der Waals surface area contributed by atoms with Crippen LogP contribution in [0.25, 0.3) is 0 Å². The summed E-state index contributed by atoms with van der Waals surface area (Å²) >= 11 is 0. The zero-order valence-electron chi connectivity index (χ0n) is 13.5. The number of nitrogens with zero attached hydrogens (tertiary/aromatic N) is 1. The van der Waals surface area contributed by atoms with Crippen molar-refractivity contribution in [2.45, 2.75) is 38.4 Å². The molecule has 2 atom stereocenters. The van der Waals surface area contributed by atoms with Crippen LogP contribution in [0.3, 0.4) is 0 Å². The van der Waals surface area contributed by atoms with Crippen molar-refractivity contribution in [1.82, 2.24) is 10.4 Å². The molecule has 3 amide bonds. The van der Waals surface area contributed by atoms with Crippen LogP contribution in [0.2, 0.25) is 0 Å². The second kappa shape index (κ2) is 7.11. The third-order valence-corrected chi connectivity index (χ3v) is 4.19. The number of hydrazine groups is 1. The zero-order valence-corrected chi connectivity index (χ0v) is 13.5. The molecule has 2 aliphatic rings. The van der Waals surface area contributed by atoms with Crippen LogP contribution in [0.15, 0.2) is 24.3 Å². The molecule has 0 radical (unpaired) electrons. The number of nitrogens with one attached hydrogen (secondary N) is 1. The van der Waals surface area contributed by atoms with Gasteiger partial charge in [-0.1, -0.05) is 12.1 Å². The van der Waals surface area contributed by atoms with Gasteiger partial charge in [0.05, 0.1) is 23.8 Å². The normalized spacial score (nSPS) is 21.5. The number of hydrogen-bond donors (Lipinski definition) is 1. The number of hydrogen-bond acceptors (Lipinski definition) is 5. The van der Waals surface area contributed by atoms with Gasteiger partial charge in [0.2, 0.25) is 0 Å². The fourth-order valence-corrected chi connectivity index (χ4v) is 2.76. The summed E-state index contributed by atoms with van der Waals surface area (Å²) in [6.07, 6.45) is 2.25. The van der Waals surface area contributed by atoms with Crippen LogP contribution in [0.4, 0.5) is 0 Å². The molecular formula is C17H20N2O5. The Bertz CT molecular complexity index is 619. The lowest BCUT2D eigenvalue weighted by atomic mass is 10.1. The van der Waals surface area contributed by atoms with E-state index in [4.69, 9.17) is 9.47 Å². The highest BCUT2D eigenvalue weighted by atomic mass is 16.5. The maximum absolute atomic E-state index is 12.2. The summed E-state index contributed by atoms with van der Waals surface area (Å²) in [4.78, 5) is 36.6. The Morgan fingerprint density at radius 2 is 1.96 bits per heavy atom. The molecule has 0 aliphatic carbocycles. The first-order chi connectivity index (χ1) is 11.6. The van der Waals surface area contributed by atoms with Crippen molar-refractivity contribution in [3.05, 3.63) is 35.4 Å². The number of carbonyl (C=O) groups excluding carboxylic acids is 3. The third kappa shape index (κ3) is 3.32. The third-order valence-electron chi connectivity index (χ3n) is 4.19. The van der Waals surface area contributed by atoms with Crippen LogP contribution in [0, 0.1) is 0 Å². The minimum atomic E-state index is -0.792. The number of fused-ring (bicyclic) bond motifs is 1. The largest absolute Gasteiger partial charge is 0.376 e. The molecule has 0 aromatic heterocycles. The van der Waals surface area contributed by atoms with E-state index in [9.17, 15) is 14.4 Å². The molecule has 3 rings (SSSR count). The van der Waals surface area contributed by atoms with E-state index in [1.165, 1.54) is 0 Å². The van der Waals surface area contributed by atoms with Gasteiger partial charge in [-0.25, -0.2) is 0 Å². The van der Waals surface area contributed by atoms with Gasteiger partial charge < -0.3 is 9.47 Å². The molecule has 2 heterocycles. The first-order valence-electron chi connectivity index (χ1n) is 8.09. The Hall–Kier alpha value is -2.25. The lowest BCUT2D eigenvalue weighted by Gasteiger charge is -2.24. The van der Waals surface area contributed by atoms with E-state index in [-0.39, 0.29) is 17.2 Å². The molecule has 1 aromatic rings. The number of benzene rings is 1. The summed E-state index contributed by atoms with van der Waals surface area (Å²) in [5.41, 5.74) is 2.91. The van der Waals surface area contributed by atoms with Crippen LogP contribution < -0.4 is 5.43 Å². The predicted molar refractivity (Wildman–Crippen MR) is 84.1 cm³/mol. The topological polar surface area (TPSA) is 84.9 Å². The van der Waals surface area contributed by atoms with E-state index in [1.807, 2.05) is 0 Å². The summed E-state index contributed by atoms with van der Waals surface area (Å²) in [7, 11) is 0. The van der Waals surface area contributed by atoms with Gasteiger partial charge in [-0.05, 0) is 38.3 Å². The molecule has 7 nitrogen and oxygen atoms in total. The van der Waals surface area contributed by atoms with E-state index in [0.29, 0.717) is 13.2 Å². The summed E-state index contributed by atoms with van der Waals surface area (Å²) in [5.74, 6) is -1.61. The van der Waals surface area contributed by atoms with E-state index in [0.717, 1.165) is 24.3 Å². The molecule has 0 bridgehead atoms. The SMILES string of the molecule is CC(OCC1CCCCO1)C(=O)NN1C(=O)c2ccccc2C1=O. The second-order valence-corrected chi connectivity index (χ2v) is 5.93. The van der Waals surface area contributed by atoms with Crippen molar-refractivity contribution in [1.29, 1.82) is 0 Å². The number of ether oxygens (including phenoxy) is 2. The summed E-state index contributed by atoms with van der Waals surface area (Å²) in [5, 5.41) is 0.740. The monoisotopic (exact) mass is 332 g/mol. The van der Waals surface area contributed by atoms with Crippen LogP contribution in [-0.4, -0.2) is 48.2 Å². The van der Waals surface area contributed by atoms with Crippen LogP contribution >= 0.6 is 0 Å². The fourth-order valence-electron chi connectivity index (χ4n) is 2.76. The highest BCUT2D eigenvalue weighted by Crippen LogP contribution is 2.20. The van der Waals surface area contributed by atoms with Crippen molar-refractivity contribution < 1.29 is 23.9 Å². The maximum atomic E-state index is 12.2. The average molecular weight is 332 g/mol. The van der Waals surface area contributed by atoms with Crippen molar-refractivity contribution >= 4 is 17.7 Å². The van der Waals surface area contributed by atoms with Gasteiger partial charge in [0.25, 0.3) is 17.7 Å². The molecule has 1 aromatic carbocycles.